The highest BCUT2D eigenvalue weighted by molar-refractivity contribution is 5.85. The number of aromatic nitrogens is 2. The van der Waals surface area contributed by atoms with Crippen LogP contribution in [0.4, 0.5) is 0 Å². The molecule has 23 heavy (non-hydrogen) atoms. The van der Waals surface area contributed by atoms with E-state index in [1.165, 1.54) is 0 Å². The Hall–Kier alpha value is -1.40. The van der Waals surface area contributed by atoms with Crippen molar-refractivity contribution in [2.75, 3.05) is 39.3 Å². The number of carbonyl (C=O) groups is 1. The predicted octanol–water partition coefficient (Wildman–Crippen LogP) is 1.07. The number of amides is 1. The molecule has 0 bridgehead atoms. The van der Waals surface area contributed by atoms with E-state index in [9.17, 15) is 4.79 Å². The first-order chi connectivity index (χ1) is 11.1. The van der Waals surface area contributed by atoms with Crippen molar-refractivity contribution in [2.45, 2.75) is 38.2 Å². The molecule has 2 aliphatic heterocycles. The van der Waals surface area contributed by atoms with E-state index in [4.69, 9.17) is 4.74 Å². The van der Waals surface area contributed by atoms with Crippen LogP contribution in [0.5, 0.6) is 0 Å². The lowest BCUT2D eigenvalue weighted by atomic mass is 10.0. The molecule has 6 heteroatoms. The molecule has 0 spiro atoms. The SMILES string of the molecule is Cn1ccnc1CCN1CCCN(C(=O)C2(C)CCCO2)CC1. The van der Waals surface area contributed by atoms with Crippen molar-refractivity contribution in [3.05, 3.63) is 18.2 Å². The summed E-state index contributed by atoms with van der Waals surface area (Å²) < 4.78 is 7.79. The zero-order valence-electron chi connectivity index (χ0n) is 14.3. The van der Waals surface area contributed by atoms with Gasteiger partial charge in [-0.25, -0.2) is 4.98 Å². The average molecular weight is 320 g/mol. The molecular formula is C17H28N4O2. The molecule has 6 nitrogen and oxygen atoms in total. The number of nitrogens with zero attached hydrogens (tertiary/aromatic N) is 4. The Morgan fingerprint density at radius 1 is 1.30 bits per heavy atom. The molecule has 0 aromatic carbocycles. The van der Waals surface area contributed by atoms with E-state index >= 15 is 0 Å². The summed E-state index contributed by atoms with van der Waals surface area (Å²) in [5, 5.41) is 0. The van der Waals surface area contributed by atoms with Crippen LogP contribution in [0, 0.1) is 0 Å². The molecule has 1 aromatic heterocycles. The summed E-state index contributed by atoms with van der Waals surface area (Å²) in [4.78, 5) is 21.6. The quantitative estimate of drug-likeness (QED) is 0.833. The molecule has 1 amide bonds. The fraction of sp³-hybridized carbons (Fsp3) is 0.765. The van der Waals surface area contributed by atoms with Gasteiger partial charge in [0.1, 0.15) is 11.4 Å². The third kappa shape index (κ3) is 3.75. The molecule has 2 saturated heterocycles. The van der Waals surface area contributed by atoms with Gasteiger partial charge in [-0.05, 0) is 32.7 Å². The first-order valence-corrected chi connectivity index (χ1v) is 8.70. The van der Waals surface area contributed by atoms with Gasteiger partial charge in [-0.15, -0.1) is 0 Å². The number of ether oxygens (including phenoxy) is 1. The highest BCUT2D eigenvalue weighted by Gasteiger charge is 2.40. The van der Waals surface area contributed by atoms with Crippen molar-refractivity contribution in [1.82, 2.24) is 19.4 Å². The number of hydrogen-bond acceptors (Lipinski definition) is 4. The molecule has 0 saturated carbocycles. The fourth-order valence-electron chi connectivity index (χ4n) is 3.58. The molecule has 2 aliphatic rings. The molecule has 1 atom stereocenters. The summed E-state index contributed by atoms with van der Waals surface area (Å²) in [5.41, 5.74) is -0.581. The normalized spacial score (nSPS) is 26.4. The molecule has 0 radical (unpaired) electrons. The molecule has 2 fully saturated rings. The summed E-state index contributed by atoms with van der Waals surface area (Å²) in [6, 6.07) is 0. The lowest BCUT2D eigenvalue weighted by molar-refractivity contribution is -0.150. The Balaban J connectivity index is 1.51. The van der Waals surface area contributed by atoms with Crippen LogP contribution in [0.15, 0.2) is 12.4 Å². The molecule has 1 unspecified atom stereocenters. The summed E-state index contributed by atoms with van der Waals surface area (Å²) in [5.74, 6) is 1.30. The number of imidazole rings is 1. The predicted molar refractivity (Wildman–Crippen MR) is 88.1 cm³/mol. The van der Waals surface area contributed by atoms with Gasteiger partial charge in [0.25, 0.3) is 5.91 Å². The van der Waals surface area contributed by atoms with Gasteiger partial charge in [-0.3, -0.25) is 4.79 Å². The minimum absolute atomic E-state index is 0.181. The average Bonchev–Trinajstić information content (AvgIpc) is 3.08. The van der Waals surface area contributed by atoms with E-state index < -0.39 is 5.60 Å². The maximum absolute atomic E-state index is 12.7. The Morgan fingerprint density at radius 3 is 2.87 bits per heavy atom. The number of rotatable bonds is 4. The monoisotopic (exact) mass is 320 g/mol. The van der Waals surface area contributed by atoms with Gasteiger partial charge >= 0.3 is 0 Å². The maximum Gasteiger partial charge on any atom is 0.254 e. The van der Waals surface area contributed by atoms with Crippen LogP contribution in [0.1, 0.15) is 32.0 Å². The van der Waals surface area contributed by atoms with Gasteiger partial charge < -0.3 is 19.1 Å². The van der Waals surface area contributed by atoms with Crippen molar-refractivity contribution in [1.29, 1.82) is 0 Å². The van der Waals surface area contributed by atoms with Crippen molar-refractivity contribution in [2.24, 2.45) is 7.05 Å². The first kappa shape index (κ1) is 16.5. The van der Waals surface area contributed by atoms with Crippen LogP contribution in [0.25, 0.3) is 0 Å². The van der Waals surface area contributed by atoms with E-state index in [1.54, 1.807) is 0 Å². The second-order valence-corrected chi connectivity index (χ2v) is 6.87. The molecule has 0 N–H and O–H groups in total. The van der Waals surface area contributed by atoms with Crippen molar-refractivity contribution < 1.29 is 9.53 Å². The molecule has 0 aliphatic carbocycles. The molecule has 3 rings (SSSR count). The van der Waals surface area contributed by atoms with Gasteiger partial charge in [0.15, 0.2) is 0 Å². The third-order valence-electron chi connectivity index (χ3n) is 5.12. The van der Waals surface area contributed by atoms with Crippen LogP contribution in [0.3, 0.4) is 0 Å². The standard InChI is InChI=1S/C17H28N4O2/c1-17(6-3-14-23-17)16(22)21-9-4-8-20(12-13-21)10-5-15-18-7-11-19(15)2/h7,11H,3-6,8-10,12-14H2,1-2H3. The Morgan fingerprint density at radius 2 is 2.17 bits per heavy atom. The highest BCUT2D eigenvalue weighted by atomic mass is 16.5. The molecule has 128 valence electrons. The summed E-state index contributed by atoms with van der Waals surface area (Å²) in [6.45, 7) is 7.30. The van der Waals surface area contributed by atoms with Gasteiger partial charge in [-0.2, -0.15) is 0 Å². The van der Waals surface area contributed by atoms with Gasteiger partial charge in [0, 0.05) is 58.6 Å². The zero-order valence-corrected chi connectivity index (χ0v) is 14.3. The van der Waals surface area contributed by atoms with E-state index in [2.05, 4.69) is 14.5 Å². The van der Waals surface area contributed by atoms with Crippen LogP contribution < -0.4 is 0 Å². The van der Waals surface area contributed by atoms with Crippen LogP contribution in [0.2, 0.25) is 0 Å². The smallest absolute Gasteiger partial charge is 0.254 e. The van der Waals surface area contributed by atoms with Crippen molar-refractivity contribution in [3.8, 4) is 0 Å². The van der Waals surface area contributed by atoms with E-state index in [0.29, 0.717) is 6.61 Å². The fourth-order valence-corrected chi connectivity index (χ4v) is 3.58. The molecule has 3 heterocycles. The number of carbonyl (C=O) groups excluding carboxylic acids is 1. The van der Waals surface area contributed by atoms with Crippen molar-refractivity contribution in [3.63, 3.8) is 0 Å². The Labute approximate surface area is 138 Å². The zero-order chi connectivity index (χ0) is 16.3. The van der Waals surface area contributed by atoms with Gasteiger partial charge in [0.05, 0.1) is 0 Å². The second kappa shape index (κ2) is 7.01. The molecular weight excluding hydrogens is 292 g/mol. The summed E-state index contributed by atoms with van der Waals surface area (Å²) >= 11 is 0. The Kier molecular flexibility index (Phi) is 5.02. The first-order valence-electron chi connectivity index (χ1n) is 8.70. The molecule has 1 aromatic rings. The summed E-state index contributed by atoms with van der Waals surface area (Å²) in [7, 11) is 2.04. The van der Waals surface area contributed by atoms with E-state index in [1.807, 2.05) is 31.3 Å². The topological polar surface area (TPSA) is 50.6 Å². The third-order valence-corrected chi connectivity index (χ3v) is 5.12. The highest BCUT2D eigenvalue weighted by Crippen LogP contribution is 2.27. The van der Waals surface area contributed by atoms with Gasteiger partial charge in [-0.1, -0.05) is 0 Å². The number of hydrogen-bond donors (Lipinski definition) is 0. The number of aryl methyl sites for hydroxylation is 1. The Bertz CT molecular complexity index is 536. The van der Waals surface area contributed by atoms with Crippen LogP contribution in [-0.4, -0.2) is 70.2 Å². The summed E-state index contributed by atoms with van der Waals surface area (Å²) in [6.07, 6.45) is 7.67. The lowest BCUT2D eigenvalue weighted by Gasteiger charge is -2.30. The van der Waals surface area contributed by atoms with Gasteiger partial charge in [0.2, 0.25) is 0 Å². The lowest BCUT2D eigenvalue weighted by Crippen LogP contribution is -2.48. The van der Waals surface area contributed by atoms with Crippen LogP contribution >= 0.6 is 0 Å². The minimum Gasteiger partial charge on any atom is -0.365 e. The van der Waals surface area contributed by atoms with Crippen LogP contribution in [-0.2, 0) is 23.0 Å². The minimum atomic E-state index is -0.581. The van der Waals surface area contributed by atoms with E-state index in [0.717, 1.165) is 64.2 Å². The van der Waals surface area contributed by atoms with E-state index in [-0.39, 0.29) is 5.91 Å². The maximum atomic E-state index is 12.7. The largest absolute Gasteiger partial charge is 0.365 e. The van der Waals surface area contributed by atoms with Crippen molar-refractivity contribution >= 4 is 5.91 Å². The second-order valence-electron chi connectivity index (χ2n) is 6.87.